The molecule has 1 saturated heterocycles. The Hall–Kier alpha value is -1.02. The van der Waals surface area contributed by atoms with E-state index in [0.29, 0.717) is 6.10 Å². The van der Waals surface area contributed by atoms with E-state index in [0.717, 1.165) is 38.2 Å². The first-order valence-corrected chi connectivity index (χ1v) is 7.38. The van der Waals surface area contributed by atoms with Crippen molar-refractivity contribution >= 4 is 0 Å². The first kappa shape index (κ1) is 14.4. The van der Waals surface area contributed by atoms with E-state index in [1.165, 1.54) is 11.1 Å². The Morgan fingerprint density at radius 3 is 2.63 bits per heavy atom. The van der Waals surface area contributed by atoms with Crippen molar-refractivity contribution in [3.63, 3.8) is 0 Å². The highest BCUT2D eigenvalue weighted by Gasteiger charge is 2.23. The molecule has 1 aromatic rings. The van der Waals surface area contributed by atoms with E-state index >= 15 is 0 Å². The number of hydrogen-bond donors (Lipinski definition) is 0. The van der Waals surface area contributed by atoms with Crippen molar-refractivity contribution < 1.29 is 9.47 Å². The molecule has 1 aliphatic rings. The predicted molar refractivity (Wildman–Crippen MR) is 79.0 cm³/mol. The fourth-order valence-electron chi connectivity index (χ4n) is 2.22. The van der Waals surface area contributed by atoms with Crippen LogP contribution in [0.1, 0.15) is 51.7 Å². The van der Waals surface area contributed by atoms with E-state index in [4.69, 9.17) is 9.47 Å². The summed E-state index contributed by atoms with van der Waals surface area (Å²) in [4.78, 5) is 0. The van der Waals surface area contributed by atoms with Gasteiger partial charge in [-0.2, -0.15) is 0 Å². The van der Waals surface area contributed by atoms with E-state index in [-0.39, 0.29) is 5.41 Å². The molecule has 2 rings (SSSR count). The molecule has 106 valence electrons. The summed E-state index contributed by atoms with van der Waals surface area (Å²) in [7, 11) is 0. The molecule has 1 aromatic carbocycles. The van der Waals surface area contributed by atoms with Crippen molar-refractivity contribution in [2.75, 3.05) is 13.2 Å². The smallest absolute Gasteiger partial charge is 0.123 e. The lowest BCUT2D eigenvalue weighted by molar-refractivity contribution is 0.308. The number of epoxide rings is 1. The average molecular weight is 262 g/mol. The van der Waals surface area contributed by atoms with Gasteiger partial charge in [-0.25, -0.2) is 0 Å². The zero-order valence-corrected chi connectivity index (χ0v) is 12.7. The van der Waals surface area contributed by atoms with Crippen molar-refractivity contribution in [1.82, 2.24) is 0 Å². The lowest BCUT2D eigenvalue weighted by Crippen LogP contribution is -2.14. The summed E-state index contributed by atoms with van der Waals surface area (Å²) in [5.74, 6) is 1.04. The highest BCUT2D eigenvalue weighted by atomic mass is 16.6. The first-order valence-electron chi connectivity index (χ1n) is 7.38. The van der Waals surface area contributed by atoms with Gasteiger partial charge >= 0.3 is 0 Å². The number of rotatable bonds is 6. The van der Waals surface area contributed by atoms with Gasteiger partial charge in [-0.1, -0.05) is 39.8 Å². The molecular formula is C17H26O2. The van der Waals surface area contributed by atoms with E-state index in [9.17, 15) is 0 Å². The maximum Gasteiger partial charge on any atom is 0.123 e. The van der Waals surface area contributed by atoms with Crippen LogP contribution in [0, 0.1) is 0 Å². The Bertz CT molecular complexity index is 414. The van der Waals surface area contributed by atoms with Crippen molar-refractivity contribution in [3.05, 3.63) is 29.3 Å². The minimum Gasteiger partial charge on any atom is -0.493 e. The zero-order valence-electron chi connectivity index (χ0n) is 12.7. The van der Waals surface area contributed by atoms with Crippen LogP contribution in [-0.4, -0.2) is 19.3 Å². The van der Waals surface area contributed by atoms with Crippen LogP contribution in [0.3, 0.4) is 0 Å². The lowest BCUT2D eigenvalue weighted by atomic mass is 9.85. The maximum atomic E-state index is 5.88. The fraction of sp³-hybridized carbons (Fsp3) is 0.647. The van der Waals surface area contributed by atoms with Crippen LogP contribution in [0.4, 0.5) is 0 Å². The minimum atomic E-state index is 0.120. The second-order valence-electron chi connectivity index (χ2n) is 6.42. The third-order valence-electron chi connectivity index (χ3n) is 3.47. The van der Waals surface area contributed by atoms with Crippen LogP contribution in [0.25, 0.3) is 0 Å². The summed E-state index contributed by atoms with van der Waals surface area (Å²) in [6, 6.07) is 6.65. The fourth-order valence-corrected chi connectivity index (χ4v) is 2.22. The maximum absolute atomic E-state index is 5.88. The molecule has 0 bridgehead atoms. The van der Waals surface area contributed by atoms with Crippen molar-refractivity contribution in [3.8, 4) is 5.75 Å². The van der Waals surface area contributed by atoms with Crippen LogP contribution in [0.15, 0.2) is 18.2 Å². The number of benzene rings is 1. The average Bonchev–Trinajstić information content (AvgIpc) is 3.17. The van der Waals surface area contributed by atoms with Crippen molar-refractivity contribution in [2.45, 2.75) is 58.5 Å². The van der Waals surface area contributed by atoms with Gasteiger partial charge in [0.15, 0.2) is 0 Å². The Labute approximate surface area is 117 Å². The molecule has 19 heavy (non-hydrogen) atoms. The monoisotopic (exact) mass is 262 g/mol. The van der Waals surface area contributed by atoms with Crippen molar-refractivity contribution in [2.24, 2.45) is 0 Å². The molecule has 2 heteroatoms. The summed E-state index contributed by atoms with van der Waals surface area (Å²) in [5, 5.41) is 0. The third-order valence-corrected chi connectivity index (χ3v) is 3.47. The Kier molecular flexibility index (Phi) is 4.51. The van der Waals surface area contributed by atoms with E-state index in [1.54, 1.807) is 0 Å². The topological polar surface area (TPSA) is 21.8 Å². The van der Waals surface area contributed by atoms with Gasteiger partial charge < -0.3 is 9.47 Å². The normalized spacial score (nSPS) is 18.4. The van der Waals surface area contributed by atoms with Crippen LogP contribution < -0.4 is 4.74 Å². The molecule has 0 amide bonds. The van der Waals surface area contributed by atoms with Crippen LogP contribution >= 0.6 is 0 Å². The molecule has 0 radical (unpaired) electrons. The Morgan fingerprint density at radius 1 is 1.32 bits per heavy atom. The molecular weight excluding hydrogens is 236 g/mol. The van der Waals surface area contributed by atoms with Gasteiger partial charge in [0.2, 0.25) is 0 Å². The largest absolute Gasteiger partial charge is 0.493 e. The standard InChI is InChI=1S/C17H26O2/c1-5-10-18-16-9-7-13(6-8-14-12-19-14)11-15(16)17(2,3)4/h7,9,11,14H,5-6,8,10,12H2,1-4H3. The van der Waals surface area contributed by atoms with E-state index in [1.807, 2.05) is 0 Å². The van der Waals surface area contributed by atoms with Crippen molar-refractivity contribution in [1.29, 1.82) is 0 Å². The van der Waals surface area contributed by atoms with Crippen LogP contribution in [0.2, 0.25) is 0 Å². The van der Waals surface area contributed by atoms with Gasteiger partial charge in [-0.3, -0.25) is 0 Å². The first-order chi connectivity index (χ1) is 9.00. The number of ether oxygens (including phenoxy) is 2. The summed E-state index contributed by atoms with van der Waals surface area (Å²) >= 11 is 0. The lowest BCUT2D eigenvalue weighted by Gasteiger charge is -2.23. The molecule has 1 unspecified atom stereocenters. The summed E-state index contributed by atoms with van der Waals surface area (Å²) in [5.41, 5.74) is 2.83. The molecule has 1 aliphatic heterocycles. The SMILES string of the molecule is CCCOc1ccc(CCC2CO2)cc1C(C)(C)C. The van der Waals surface area contributed by atoms with Crippen LogP contribution in [-0.2, 0) is 16.6 Å². The molecule has 0 aliphatic carbocycles. The second-order valence-corrected chi connectivity index (χ2v) is 6.42. The summed E-state index contributed by atoms with van der Waals surface area (Å²) < 4.78 is 11.2. The molecule has 2 nitrogen and oxygen atoms in total. The highest BCUT2D eigenvalue weighted by molar-refractivity contribution is 5.41. The minimum absolute atomic E-state index is 0.120. The Balaban J connectivity index is 2.14. The number of aryl methyl sites for hydroxylation is 1. The van der Waals surface area contributed by atoms with Gasteiger partial charge in [0.25, 0.3) is 0 Å². The predicted octanol–water partition coefficient (Wildman–Crippen LogP) is 4.10. The molecule has 1 heterocycles. The molecule has 0 N–H and O–H groups in total. The van der Waals surface area contributed by atoms with E-state index < -0.39 is 0 Å². The molecule has 1 fully saturated rings. The molecule has 0 spiro atoms. The number of hydrogen-bond acceptors (Lipinski definition) is 2. The molecule has 0 aromatic heterocycles. The molecule has 1 atom stereocenters. The van der Waals surface area contributed by atoms with Gasteiger partial charge in [0.1, 0.15) is 5.75 Å². The quantitative estimate of drug-likeness (QED) is 0.720. The zero-order chi connectivity index (χ0) is 13.9. The van der Waals surface area contributed by atoms with Gasteiger partial charge in [0.05, 0.1) is 19.3 Å². The second kappa shape index (κ2) is 5.96. The highest BCUT2D eigenvalue weighted by Crippen LogP contribution is 2.33. The van der Waals surface area contributed by atoms with Gasteiger partial charge in [-0.05, 0) is 41.9 Å². The summed E-state index contributed by atoms with van der Waals surface area (Å²) in [6.07, 6.45) is 3.79. The van der Waals surface area contributed by atoms with Gasteiger partial charge in [-0.15, -0.1) is 0 Å². The third kappa shape index (κ3) is 4.24. The Morgan fingerprint density at radius 2 is 2.05 bits per heavy atom. The van der Waals surface area contributed by atoms with Crippen LogP contribution in [0.5, 0.6) is 5.75 Å². The molecule has 0 saturated carbocycles. The summed E-state index contributed by atoms with van der Waals surface area (Å²) in [6.45, 7) is 10.6. The van der Waals surface area contributed by atoms with Gasteiger partial charge in [0, 0.05) is 0 Å². The van der Waals surface area contributed by atoms with E-state index in [2.05, 4.69) is 45.9 Å².